The normalized spacial score (nSPS) is 41.6. The van der Waals surface area contributed by atoms with Gasteiger partial charge >= 0.3 is 5.97 Å². The van der Waals surface area contributed by atoms with E-state index >= 15 is 0 Å². The number of hydrogen-bond acceptors (Lipinski definition) is 3. The Morgan fingerprint density at radius 1 is 1.23 bits per heavy atom. The molecule has 2 fully saturated rings. The molecule has 13 heavy (non-hydrogen) atoms. The third-order valence-electron chi connectivity index (χ3n) is 2.62. The molecular formula is C9H14O4. The molecule has 4 atom stereocenters. The Labute approximate surface area is 76.8 Å². The predicted octanol–water partition coefficient (Wildman–Crippen LogP) is 0.796. The zero-order chi connectivity index (χ0) is 9.42. The lowest BCUT2D eigenvalue weighted by Gasteiger charge is -1.88. The number of hydrogen-bond donors (Lipinski definition) is 1. The topological polar surface area (TPSA) is 62.4 Å². The van der Waals surface area contributed by atoms with Gasteiger partial charge in [0.25, 0.3) is 0 Å². The van der Waals surface area contributed by atoms with Gasteiger partial charge in [0.15, 0.2) is 0 Å². The Hall–Kier alpha value is -0.610. The maximum Gasteiger partial charge on any atom is 0.306 e. The minimum Gasteiger partial charge on any atom is -0.481 e. The van der Waals surface area contributed by atoms with E-state index in [0.717, 1.165) is 12.8 Å². The van der Waals surface area contributed by atoms with Crippen molar-refractivity contribution < 1.29 is 19.4 Å². The third-order valence-corrected chi connectivity index (χ3v) is 2.62. The third kappa shape index (κ3) is 2.19. The Balaban J connectivity index is 1.62. The standard InChI is InChI=1S/C9H14O4/c1-2-5-6(12-5)3-7-8(13-7)4-9(10)11/h5-8H,2-4H2,1H3,(H,10,11). The van der Waals surface area contributed by atoms with E-state index in [2.05, 4.69) is 6.92 Å². The van der Waals surface area contributed by atoms with Crippen molar-refractivity contribution in [3.63, 3.8) is 0 Å². The molecule has 2 saturated heterocycles. The van der Waals surface area contributed by atoms with Crippen molar-refractivity contribution in [2.45, 2.75) is 50.6 Å². The smallest absolute Gasteiger partial charge is 0.306 e. The van der Waals surface area contributed by atoms with Gasteiger partial charge in [-0.2, -0.15) is 0 Å². The van der Waals surface area contributed by atoms with Gasteiger partial charge in [0.2, 0.25) is 0 Å². The van der Waals surface area contributed by atoms with Crippen molar-refractivity contribution in [1.82, 2.24) is 0 Å². The maximum atomic E-state index is 10.3. The summed E-state index contributed by atoms with van der Waals surface area (Å²) >= 11 is 0. The zero-order valence-corrected chi connectivity index (χ0v) is 7.60. The fraction of sp³-hybridized carbons (Fsp3) is 0.889. The van der Waals surface area contributed by atoms with Crippen molar-refractivity contribution in [1.29, 1.82) is 0 Å². The molecule has 2 aliphatic rings. The Morgan fingerprint density at radius 2 is 1.85 bits per heavy atom. The molecule has 4 heteroatoms. The number of carboxylic acids is 1. The fourth-order valence-electron chi connectivity index (χ4n) is 1.71. The van der Waals surface area contributed by atoms with Crippen molar-refractivity contribution in [3.8, 4) is 0 Å². The summed E-state index contributed by atoms with van der Waals surface area (Å²) in [6, 6.07) is 0. The molecule has 0 aliphatic carbocycles. The monoisotopic (exact) mass is 186 g/mol. The number of carbonyl (C=O) groups is 1. The summed E-state index contributed by atoms with van der Waals surface area (Å²) in [7, 11) is 0. The van der Waals surface area contributed by atoms with Crippen LogP contribution in [0.5, 0.6) is 0 Å². The predicted molar refractivity (Wildman–Crippen MR) is 44.5 cm³/mol. The van der Waals surface area contributed by atoms with E-state index in [1.165, 1.54) is 0 Å². The highest BCUT2D eigenvalue weighted by Crippen LogP contribution is 2.37. The van der Waals surface area contributed by atoms with E-state index in [0.29, 0.717) is 12.2 Å². The van der Waals surface area contributed by atoms with Gasteiger partial charge in [-0.15, -0.1) is 0 Å². The molecule has 0 aromatic carbocycles. The van der Waals surface area contributed by atoms with Crippen LogP contribution in [0.4, 0.5) is 0 Å². The van der Waals surface area contributed by atoms with Crippen LogP contribution in [0, 0.1) is 0 Å². The highest BCUT2D eigenvalue weighted by Gasteiger charge is 2.47. The summed E-state index contributed by atoms with van der Waals surface area (Å²) in [5, 5.41) is 8.48. The van der Waals surface area contributed by atoms with E-state index in [9.17, 15) is 4.79 Å². The van der Waals surface area contributed by atoms with Crippen molar-refractivity contribution in [3.05, 3.63) is 0 Å². The van der Waals surface area contributed by atoms with Crippen LogP contribution in [0.3, 0.4) is 0 Å². The first kappa shape index (κ1) is 8.97. The summed E-state index contributed by atoms with van der Waals surface area (Å²) in [5.41, 5.74) is 0. The van der Waals surface area contributed by atoms with Crippen LogP contribution < -0.4 is 0 Å². The Bertz CT molecular complexity index is 216. The number of carboxylic acid groups (broad SMARTS) is 1. The van der Waals surface area contributed by atoms with Crippen molar-refractivity contribution in [2.75, 3.05) is 0 Å². The Kier molecular flexibility index (Phi) is 2.26. The lowest BCUT2D eigenvalue weighted by atomic mass is 10.1. The molecule has 0 bridgehead atoms. The highest BCUT2D eigenvalue weighted by molar-refractivity contribution is 5.67. The highest BCUT2D eigenvalue weighted by atomic mass is 16.6. The molecule has 74 valence electrons. The Morgan fingerprint density at radius 3 is 2.38 bits per heavy atom. The van der Waals surface area contributed by atoms with Crippen LogP contribution in [-0.2, 0) is 14.3 Å². The lowest BCUT2D eigenvalue weighted by molar-refractivity contribution is -0.137. The van der Waals surface area contributed by atoms with Gasteiger partial charge in [-0.1, -0.05) is 6.92 Å². The number of rotatable bonds is 5. The minimum atomic E-state index is -0.781. The van der Waals surface area contributed by atoms with E-state index in [1.807, 2.05) is 0 Å². The van der Waals surface area contributed by atoms with Gasteiger partial charge in [0, 0.05) is 6.42 Å². The molecule has 0 aromatic heterocycles. The van der Waals surface area contributed by atoms with Crippen LogP contribution in [-0.4, -0.2) is 35.5 Å². The molecule has 1 N–H and O–H groups in total. The van der Waals surface area contributed by atoms with Gasteiger partial charge in [-0.25, -0.2) is 0 Å². The quantitative estimate of drug-likeness (QED) is 0.645. The molecule has 0 saturated carbocycles. The van der Waals surface area contributed by atoms with Crippen molar-refractivity contribution in [2.24, 2.45) is 0 Å². The molecule has 0 radical (unpaired) electrons. The average molecular weight is 186 g/mol. The molecule has 0 amide bonds. The second-order valence-electron chi connectivity index (χ2n) is 3.67. The second kappa shape index (κ2) is 3.27. The number of ether oxygens (including phenoxy) is 2. The summed E-state index contributed by atoms with van der Waals surface area (Å²) in [5.74, 6) is -0.781. The van der Waals surface area contributed by atoms with Crippen LogP contribution in [0.1, 0.15) is 26.2 Å². The van der Waals surface area contributed by atoms with E-state index in [-0.39, 0.29) is 18.6 Å². The maximum absolute atomic E-state index is 10.3. The molecule has 0 spiro atoms. The molecular weight excluding hydrogens is 172 g/mol. The largest absolute Gasteiger partial charge is 0.481 e. The summed E-state index contributed by atoms with van der Waals surface area (Å²) in [6.07, 6.45) is 2.85. The first-order valence-electron chi connectivity index (χ1n) is 4.73. The summed E-state index contributed by atoms with van der Waals surface area (Å²) in [4.78, 5) is 10.3. The van der Waals surface area contributed by atoms with Gasteiger partial charge < -0.3 is 14.6 Å². The zero-order valence-electron chi connectivity index (χ0n) is 7.60. The molecule has 4 unspecified atom stereocenters. The summed E-state index contributed by atoms with van der Waals surface area (Å²) < 4.78 is 10.6. The van der Waals surface area contributed by atoms with Gasteiger partial charge in [-0.05, 0) is 6.42 Å². The SMILES string of the molecule is CCC1OC1CC1OC1CC(=O)O. The van der Waals surface area contributed by atoms with E-state index in [4.69, 9.17) is 14.6 Å². The second-order valence-corrected chi connectivity index (χ2v) is 3.67. The lowest BCUT2D eigenvalue weighted by Crippen LogP contribution is -2.05. The molecule has 0 aromatic rings. The first-order valence-corrected chi connectivity index (χ1v) is 4.73. The van der Waals surface area contributed by atoms with Crippen LogP contribution in [0.2, 0.25) is 0 Å². The molecule has 4 nitrogen and oxygen atoms in total. The fourth-order valence-corrected chi connectivity index (χ4v) is 1.71. The van der Waals surface area contributed by atoms with Crippen LogP contribution >= 0.6 is 0 Å². The van der Waals surface area contributed by atoms with E-state index in [1.54, 1.807) is 0 Å². The van der Waals surface area contributed by atoms with E-state index < -0.39 is 5.97 Å². The van der Waals surface area contributed by atoms with Crippen molar-refractivity contribution >= 4 is 5.97 Å². The van der Waals surface area contributed by atoms with Crippen LogP contribution in [0.25, 0.3) is 0 Å². The number of epoxide rings is 2. The molecule has 2 aliphatic heterocycles. The number of aliphatic carboxylic acids is 1. The van der Waals surface area contributed by atoms with Gasteiger partial charge in [0.1, 0.15) is 0 Å². The molecule has 2 heterocycles. The minimum absolute atomic E-state index is 0.0563. The summed E-state index contributed by atoms with van der Waals surface area (Å²) in [6.45, 7) is 2.09. The van der Waals surface area contributed by atoms with Gasteiger partial charge in [0.05, 0.1) is 30.8 Å². The average Bonchev–Trinajstić information content (AvgIpc) is 2.91. The van der Waals surface area contributed by atoms with Crippen LogP contribution in [0.15, 0.2) is 0 Å². The molecule has 2 rings (SSSR count). The van der Waals surface area contributed by atoms with Gasteiger partial charge in [-0.3, -0.25) is 4.79 Å². The first-order chi connectivity index (χ1) is 6.20.